The predicted octanol–water partition coefficient (Wildman–Crippen LogP) is 1.45. The minimum atomic E-state index is -0.466. The fraction of sp³-hybridized carbons (Fsp3) is 0.357. The van der Waals surface area contributed by atoms with Crippen LogP contribution in [0.5, 0.6) is 0 Å². The fourth-order valence-electron chi connectivity index (χ4n) is 2.10. The summed E-state index contributed by atoms with van der Waals surface area (Å²) >= 11 is 0. The Morgan fingerprint density at radius 3 is 2.68 bits per heavy atom. The number of hydrogen-bond donors (Lipinski definition) is 1. The lowest BCUT2D eigenvalue weighted by Gasteiger charge is -2.10. The summed E-state index contributed by atoms with van der Waals surface area (Å²) in [4.78, 5) is 24.7. The van der Waals surface area contributed by atoms with E-state index in [1.54, 1.807) is 0 Å². The Bertz CT molecular complexity index is 507. The molecule has 0 radical (unpaired) electrons. The molecule has 2 rings (SSSR count). The number of benzene rings is 1. The van der Waals surface area contributed by atoms with Gasteiger partial charge in [0.15, 0.2) is 0 Å². The Kier molecular flexibility index (Phi) is 4.14. The van der Waals surface area contributed by atoms with Crippen molar-refractivity contribution < 1.29 is 9.59 Å². The smallest absolute Gasteiger partial charge is 0.324 e. The van der Waals surface area contributed by atoms with Crippen molar-refractivity contribution in [2.24, 2.45) is 0 Å². The lowest BCUT2D eigenvalue weighted by atomic mass is 10.1. The van der Waals surface area contributed by atoms with Gasteiger partial charge in [0.1, 0.15) is 6.04 Å². The number of hydrogen-bond acceptors (Lipinski definition) is 3. The number of nitrogens with one attached hydrogen (secondary N) is 1. The van der Waals surface area contributed by atoms with Crippen LogP contribution in [0.15, 0.2) is 30.3 Å². The van der Waals surface area contributed by atoms with E-state index in [0.717, 1.165) is 16.9 Å². The average Bonchev–Trinajstić information content (AvgIpc) is 2.70. The molecule has 19 heavy (non-hydrogen) atoms. The van der Waals surface area contributed by atoms with E-state index >= 15 is 0 Å². The van der Waals surface area contributed by atoms with Gasteiger partial charge in [-0.2, -0.15) is 5.26 Å². The van der Waals surface area contributed by atoms with Crippen LogP contribution in [0.2, 0.25) is 0 Å². The molecule has 1 atom stereocenters. The van der Waals surface area contributed by atoms with Crippen molar-refractivity contribution in [2.45, 2.75) is 25.3 Å². The van der Waals surface area contributed by atoms with E-state index in [4.69, 9.17) is 5.26 Å². The first-order chi connectivity index (χ1) is 9.22. The second-order valence-electron chi connectivity index (χ2n) is 4.42. The van der Waals surface area contributed by atoms with Crippen molar-refractivity contribution in [2.75, 3.05) is 6.54 Å². The zero-order valence-corrected chi connectivity index (χ0v) is 10.5. The summed E-state index contributed by atoms with van der Waals surface area (Å²) in [5.74, 6) is -0.226. The Morgan fingerprint density at radius 1 is 1.26 bits per heavy atom. The highest BCUT2D eigenvalue weighted by Crippen LogP contribution is 2.13. The minimum Gasteiger partial charge on any atom is -0.326 e. The largest absolute Gasteiger partial charge is 0.326 e. The lowest BCUT2D eigenvalue weighted by molar-refractivity contribution is -0.127. The van der Waals surface area contributed by atoms with Gasteiger partial charge in [-0.15, -0.1) is 0 Å². The molecule has 1 aliphatic rings. The SMILES string of the molecule is N#CCCN1C(=O)NC(CCc2ccccc2)C1=O. The summed E-state index contributed by atoms with van der Waals surface area (Å²) in [5, 5.41) is 11.2. The Balaban J connectivity index is 1.90. The number of nitriles is 1. The van der Waals surface area contributed by atoms with Crippen molar-refractivity contribution in [1.82, 2.24) is 10.2 Å². The zero-order chi connectivity index (χ0) is 13.7. The summed E-state index contributed by atoms with van der Waals surface area (Å²) in [5.41, 5.74) is 1.14. The molecule has 1 saturated heterocycles. The molecule has 3 amide bonds. The first-order valence-electron chi connectivity index (χ1n) is 6.25. The Morgan fingerprint density at radius 2 is 2.00 bits per heavy atom. The van der Waals surface area contributed by atoms with Crippen LogP contribution in [0.25, 0.3) is 0 Å². The monoisotopic (exact) mass is 257 g/mol. The summed E-state index contributed by atoms with van der Waals surface area (Å²) < 4.78 is 0. The van der Waals surface area contributed by atoms with E-state index in [0.29, 0.717) is 6.42 Å². The molecule has 1 unspecified atom stereocenters. The first-order valence-corrected chi connectivity index (χ1v) is 6.25. The molecule has 5 nitrogen and oxygen atoms in total. The molecule has 1 fully saturated rings. The van der Waals surface area contributed by atoms with Gasteiger partial charge in [0.2, 0.25) is 0 Å². The van der Waals surface area contributed by atoms with Gasteiger partial charge in [-0.1, -0.05) is 30.3 Å². The normalized spacial score (nSPS) is 18.3. The number of nitrogens with zero attached hydrogens (tertiary/aromatic N) is 2. The van der Waals surface area contributed by atoms with E-state index in [1.807, 2.05) is 36.4 Å². The zero-order valence-electron chi connectivity index (χ0n) is 10.5. The molecule has 0 saturated carbocycles. The molecular formula is C14H15N3O2. The van der Waals surface area contributed by atoms with Crippen LogP contribution in [0, 0.1) is 11.3 Å². The summed E-state index contributed by atoms with van der Waals surface area (Å²) in [7, 11) is 0. The summed E-state index contributed by atoms with van der Waals surface area (Å²) in [6.45, 7) is 0.170. The van der Waals surface area contributed by atoms with Crippen LogP contribution in [0.1, 0.15) is 18.4 Å². The summed E-state index contributed by atoms with van der Waals surface area (Å²) in [6.07, 6.45) is 1.49. The molecule has 0 aliphatic carbocycles. The average molecular weight is 257 g/mol. The van der Waals surface area contributed by atoms with E-state index in [9.17, 15) is 9.59 Å². The van der Waals surface area contributed by atoms with Crippen molar-refractivity contribution >= 4 is 11.9 Å². The van der Waals surface area contributed by atoms with Gasteiger partial charge in [0, 0.05) is 6.54 Å². The maximum absolute atomic E-state index is 12.0. The van der Waals surface area contributed by atoms with Crippen LogP contribution < -0.4 is 5.32 Å². The van der Waals surface area contributed by atoms with E-state index in [-0.39, 0.29) is 18.9 Å². The molecular weight excluding hydrogens is 242 g/mol. The highest BCUT2D eigenvalue weighted by atomic mass is 16.2. The van der Waals surface area contributed by atoms with Crippen LogP contribution in [-0.4, -0.2) is 29.4 Å². The maximum atomic E-state index is 12.0. The standard InChI is InChI=1S/C14H15N3O2/c15-9-4-10-17-13(18)12(16-14(17)19)8-7-11-5-2-1-3-6-11/h1-3,5-6,12H,4,7-8,10H2,(H,16,19). The highest BCUT2D eigenvalue weighted by molar-refractivity contribution is 6.04. The second-order valence-corrected chi connectivity index (χ2v) is 4.42. The van der Waals surface area contributed by atoms with Crippen LogP contribution in [-0.2, 0) is 11.2 Å². The minimum absolute atomic E-state index is 0.170. The third-order valence-electron chi connectivity index (χ3n) is 3.12. The second kappa shape index (κ2) is 6.01. The molecule has 0 spiro atoms. The molecule has 1 N–H and O–H groups in total. The Labute approximate surface area is 111 Å². The van der Waals surface area contributed by atoms with Gasteiger partial charge in [-0.05, 0) is 18.4 Å². The van der Waals surface area contributed by atoms with E-state index in [2.05, 4.69) is 5.32 Å². The van der Waals surface area contributed by atoms with Gasteiger partial charge in [-0.3, -0.25) is 9.69 Å². The van der Waals surface area contributed by atoms with Gasteiger partial charge in [0.05, 0.1) is 12.5 Å². The Hall–Kier alpha value is -2.35. The molecule has 1 heterocycles. The molecule has 5 heteroatoms. The quantitative estimate of drug-likeness (QED) is 0.811. The van der Waals surface area contributed by atoms with Crippen LogP contribution in [0.3, 0.4) is 0 Å². The van der Waals surface area contributed by atoms with Crippen molar-refractivity contribution in [3.05, 3.63) is 35.9 Å². The third-order valence-corrected chi connectivity index (χ3v) is 3.12. The van der Waals surface area contributed by atoms with Gasteiger partial charge >= 0.3 is 6.03 Å². The van der Waals surface area contributed by atoms with E-state index in [1.165, 1.54) is 0 Å². The number of aryl methyl sites for hydroxylation is 1. The fourth-order valence-corrected chi connectivity index (χ4v) is 2.10. The third kappa shape index (κ3) is 3.10. The highest BCUT2D eigenvalue weighted by Gasteiger charge is 2.36. The predicted molar refractivity (Wildman–Crippen MR) is 69.0 cm³/mol. The molecule has 0 bridgehead atoms. The molecule has 1 aromatic carbocycles. The van der Waals surface area contributed by atoms with Crippen LogP contribution >= 0.6 is 0 Å². The van der Waals surface area contributed by atoms with Crippen molar-refractivity contribution in [3.63, 3.8) is 0 Å². The van der Waals surface area contributed by atoms with E-state index < -0.39 is 12.1 Å². The van der Waals surface area contributed by atoms with Crippen molar-refractivity contribution in [3.8, 4) is 6.07 Å². The molecule has 98 valence electrons. The number of rotatable bonds is 5. The van der Waals surface area contributed by atoms with Gasteiger partial charge in [0.25, 0.3) is 5.91 Å². The lowest BCUT2D eigenvalue weighted by Crippen LogP contribution is -2.32. The first kappa shape index (κ1) is 13.1. The topological polar surface area (TPSA) is 73.2 Å². The number of imide groups is 1. The molecule has 1 aromatic rings. The van der Waals surface area contributed by atoms with Gasteiger partial charge in [-0.25, -0.2) is 4.79 Å². The summed E-state index contributed by atoms with van der Waals surface area (Å²) in [6, 6.07) is 10.9. The number of carbonyl (C=O) groups excluding carboxylic acids is 2. The van der Waals surface area contributed by atoms with Crippen LogP contribution in [0.4, 0.5) is 4.79 Å². The number of urea groups is 1. The number of carbonyl (C=O) groups is 2. The van der Waals surface area contributed by atoms with Gasteiger partial charge < -0.3 is 5.32 Å². The molecule has 1 aliphatic heterocycles. The van der Waals surface area contributed by atoms with Crippen molar-refractivity contribution in [1.29, 1.82) is 5.26 Å². The number of amides is 3. The maximum Gasteiger partial charge on any atom is 0.324 e. The molecule has 0 aromatic heterocycles.